The number of nitriles is 1. The molecule has 0 radical (unpaired) electrons. The molecule has 9 heteroatoms. The highest BCUT2D eigenvalue weighted by atomic mass is 16.2. The molecule has 0 aromatic heterocycles. The zero-order valence-electron chi connectivity index (χ0n) is 24.7. The maximum Gasteiger partial charge on any atom is 0.319 e. The second kappa shape index (κ2) is 12.3. The van der Waals surface area contributed by atoms with E-state index in [2.05, 4.69) is 16.7 Å². The van der Waals surface area contributed by atoms with Gasteiger partial charge in [-0.3, -0.25) is 19.3 Å². The summed E-state index contributed by atoms with van der Waals surface area (Å²) in [6, 6.07) is 20.7. The summed E-state index contributed by atoms with van der Waals surface area (Å²) >= 11 is 0. The third-order valence-electron chi connectivity index (χ3n) is 9.23. The molecule has 2 atom stereocenters. The van der Waals surface area contributed by atoms with Gasteiger partial charge in [0.05, 0.1) is 34.8 Å². The van der Waals surface area contributed by atoms with Crippen LogP contribution in [0.25, 0.3) is 0 Å². The van der Waals surface area contributed by atoms with Gasteiger partial charge in [0.2, 0.25) is 0 Å². The number of carbonyl (C=O) groups is 4. The Morgan fingerprint density at radius 1 is 0.864 bits per heavy atom. The number of aryl methyl sites for hydroxylation is 1. The lowest BCUT2D eigenvalue weighted by molar-refractivity contribution is 0.0510. The maximum absolute atomic E-state index is 13.4. The first-order valence-electron chi connectivity index (χ1n) is 15.3. The van der Waals surface area contributed by atoms with E-state index in [1.54, 1.807) is 36.4 Å². The fourth-order valence-electron chi connectivity index (χ4n) is 6.74. The van der Waals surface area contributed by atoms with Gasteiger partial charge in [0.25, 0.3) is 17.7 Å². The molecule has 1 saturated carbocycles. The molecule has 3 aromatic carbocycles. The van der Waals surface area contributed by atoms with Gasteiger partial charge in [0.1, 0.15) is 0 Å². The Labute approximate surface area is 256 Å². The first kappa shape index (κ1) is 29.1. The summed E-state index contributed by atoms with van der Waals surface area (Å²) in [5.41, 5.74) is 4.49. The number of nitrogens with one attached hydrogen (secondary N) is 2. The summed E-state index contributed by atoms with van der Waals surface area (Å²) < 4.78 is 0. The minimum Gasteiger partial charge on any atom is -0.339 e. The highest BCUT2D eigenvalue weighted by molar-refractivity contribution is 6.21. The van der Waals surface area contributed by atoms with Crippen molar-refractivity contribution in [1.82, 2.24) is 15.1 Å². The number of amides is 5. The van der Waals surface area contributed by atoms with Crippen LogP contribution in [0.1, 0.15) is 92.2 Å². The maximum atomic E-state index is 13.4. The predicted octanol–water partition coefficient (Wildman–Crippen LogP) is 5.62. The highest BCUT2D eigenvalue weighted by Gasteiger charge is 2.43. The summed E-state index contributed by atoms with van der Waals surface area (Å²) in [4.78, 5) is 56.1. The summed E-state index contributed by atoms with van der Waals surface area (Å²) in [6.07, 6.45) is 4.71. The van der Waals surface area contributed by atoms with E-state index in [9.17, 15) is 19.2 Å². The molecule has 2 aliphatic heterocycles. The van der Waals surface area contributed by atoms with Crippen molar-refractivity contribution in [3.63, 3.8) is 0 Å². The summed E-state index contributed by atoms with van der Waals surface area (Å²) in [5, 5.41) is 15.0. The van der Waals surface area contributed by atoms with Crippen molar-refractivity contribution in [1.29, 1.82) is 5.26 Å². The van der Waals surface area contributed by atoms with Gasteiger partial charge in [-0.2, -0.15) is 5.26 Å². The number of carbonyl (C=O) groups excluding carboxylic acids is 4. The number of fused-ring (bicyclic) bond motifs is 1. The molecule has 0 spiro atoms. The van der Waals surface area contributed by atoms with E-state index in [1.165, 1.54) is 10.5 Å². The average molecular weight is 590 g/mol. The standard InChI is InChI=1S/C35H35N5O4/c1-22-10-13-26(32(41)39-18-16-25(17-19-39)24-14-11-23(21-36)12-15-24)20-30(22)38-35(44)37-29-8-4-5-9-31(29)40-33(42)27-6-2-3-7-28(27)34(40)43/h2-3,6-7,10-15,20,25,29,31H,4-5,8-9,16-19H2,1H3,(H2,37,38,44)/t29-,31-/m0/s1. The van der Waals surface area contributed by atoms with Crippen LogP contribution < -0.4 is 10.6 Å². The van der Waals surface area contributed by atoms with Crippen molar-refractivity contribution in [3.8, 4) is 6.07 Å². The number of benzene rings is 3. The van der Waals surface area contributed by atoms with Crippen molar-refractivity contribution in [3.05, 3.63) is 100 Å². The number of hydrogen-bond donors (Lipinski definition) is 2. The Hall–Kier alpha value is -4.97. The number of hydrogen-bond acceptors (Lipinski definition) is 5. The van der Waals surface area contributed by atoms with Crippen LogP contribution >= 0.6 is 0 Å². The average Bonchev–Trinajstić information content (AvgIpc) is 3.31. The van der Waals surface area contributed by atoms with Gasteiger partial charge in [-0.25, -0.2) is 4.79 Å². The van der Waals surface area contributed by atoms with Crippen LogP contribution in [0.15, 0.2) is 66.7 Å². The number of anilines is 1. The lowest BCUT2D eigenvalue weighted by Gasteiger charge is -2.37. The quantitative estimate of drug-likeness (QED) is 0.374. The van der Waals surface area contributed by atoms with E-state index >= 15 is 0 Å². The molecule has 1 aliphatic carbocycles. The molecule has 2 N–H and O–H groups in total. The zero-order chi connectivity index (χ0) is 30.8. The normalized spacial score (nSPS) is 20.2. The summed E-state index contributed by atoms with van der Waals surface area (Å²) in [7, 11) is 0. The summed E-state index contributed by atoms with van der Waals surface area (Å²) in [5.74, 6) is -0.361. The molecule has 224 valence electrons. The van der Waals surface area contributed by atoms with Gasteiger partial charge in [-0.15, -0.1) is 0 Å². The van der Waals surface area contributed by atoms with Crippen molar-refractivity contribution in [2.75, 3.05) is 18.4 Å². The third kappa shape index (κ3) is 5.68. The van der Waals surface area contributed by atoms with Gasteiger partial charge in [0.15, 0.2) is 0 Å². The Morgan fingerprint density at radius 2 is 1.52 bits per heavy atom. The Morgan fingerprint density at radius 3 is 2.18 bits per heavy atom. The number of urea groups is 1. The molecule has 2 heterocycles. The first-order valence-corrected chi connectivity index (χ1v) is 15.3. The van der Waals surface area contributed by atoms with E-state index < -0.39 is 12.1 Å². The third-order valence-corrected chi connectivity index (χ3v) is 9.23. The van der Waals surface area contributed by atoms with E-state index in [1.807, 2.05) is 42.2 Å². The molecule has 3 aliphatic rings. The van der Waals surface area contributed by atoms with Crippen LogP contribution in [0.3, 0.4) is 0 Å². The van der Waals surface area contributed by atoms with Crippen molar-refractivity contribution < 1.29 is 19.2 Å². The molecule has 1 saturated heterocycles. The minimum atomic E-state index is -0.436. The van der Waals surface area contributed by atoms with E-state index in [-0.39, 0.29) is 23.8 Å². The van der Waals surface area contributed by atoms with Gasteiger partial charge < -0.3 is 15.5 Å². The SMILES string of the molecule is Cc1ccc(C(=O)N2CCC(c3ccc(C#N)cc3)CC2)cc1NC(=O)N[C@H]1CCCC[C@@H]1N1C(=O)c2ccccc2C1=O. The van der Waals surface area contributed by atoms with Crippen molar-refractivity contribution >= 4 is 29.4 Å². The van der Waals surface area contributed by atoms with Crippen molar-refractivity contribution in [2.24, 2.45) is 0 Å². The van der Waals surface area contributed by atoms with Crippen LogP contribution in [0, 0.1) is 18.3 Å². The van der Waals surface area contributed by atoms with Crippen LogP contribution in [0.2, 0.25) is 0 Å². The smallest absolute Gasteiger partial charge is 0.319 e. The van der Waals surface area contributed by atoms with Crippen LogP contribution in [0.5, 0.6) is 0 Å². The van der Waals surface area contributed by atoms with E-state index in [0.717, 1.165) is 31.2 Å². The first-order chi connectivity index (χ1) is 21.3. The van der Waals surface area contributed by atoms with Gasteiger partial charge in [-0.1, -0.05) is 43.2 Å². The minimum absolute atomic E-state index is 0.0790. The topological polar surface area (TPSA) is 123 Å². The Balaban J connectivity index is 1.09. The Bertz CT molecular complexity index is 1620. The second-order valence-corrected chi connectivity index (χ2v) is 11.9. The van der Waals surface area contributed by atoms with Gasteiger partial charge in [-0.05, 0) is 86.1 Å². The number of nitrogens with zero attached hydrogens (tertiary/aromatic N) is 3. The second-order valence-electron chi connectivity index (χ2n) is 11.9. The van der Waals surface area contributed by atoms with E-state index in [4.69, 9.17) is 5.26 Å². The zero-order valence-corrected chi connectivity index (χ0v) is 24.7. The molecule has 3 aromatic rings. The number of piperidine rings is 1. The summed E-state index contributed by atoms with van der Waals surface area (Å²) in [6.45, 7) is 3.12. The highest BCUT2D eigenvalue weighted by Crippen LogP contribution is 2.32. The van der Waals surface area contributed by atoms with Gasteiger partial charge in [0, 0.05) is 24.3 Å². The van der Waals surface area contributed by atoms with Crippen LogP contribution in [-0.4, -0.2) is 58.7 Å². The predicted molar refractivity (Wildman–Crippen MR) is 165 cm³/mol. The number of imide groups is 1. The lowest BCUT2D eigenvalue weighted by Crippen LogP contribution is -2.55. The molecule has 44 heavy (non-hydrogen) atoms. The number of rotatable bonds is 5. The molecule has 0 bridgehead atoms. The van der Waals surface area contributed by atoms with Crippen LogP contribution in [-0.2, 0) is 0 Å². The monoisotopic (exact) mass is 589 g/mol. The fraction of sp³-hybridized carbons (Fsp3) is 0.343. The molecule has 9 nitrogen and oxygen atoms in total. The molecule has 2 fully saturated rings. The molecular weight excluding hydrogens is 554 g/mol. The van der Waals surface area contributed by atoms with Gasteiger partial charge >= 0.3 is 6.03 Å². The molecular formula is C35H35N5O4. The number of likely N-dealkylation sites (tertiary alicyclic amines) is 1. The van der Waals surface area contributed by atoms with Crippen molar-refractivity contribution in [2.45, 2.75) is 63.5 Å². The Kier molecular flexibility index (Phi) is 8.16. The molecule has 6 rings (SSSR count). The largest absolute Gasteiger partial charge is 0.339 e. The molecule has 5 amide bonds. The lowest BCUT2D eigenvalue weighted by atomic mass is 9.89. The van der Waals surface area contributed by atoms with E-state index in [0.29, 0.717) is 59.8 Å². The molecule has 0 unspecified atom stereocenters. The van der Waals surface area contributed by atoms with Crippen LogP contribution in [0.4, 0.5) is 10.5 Å². The fourth-order valence-corrected chi connectivity index (χ4v) is 6.74.